The van der Waals surface area contributed by atoms with E-state index in [9.17, 15) is 9.59 Å². The number of carbonyl (C=O) groups is 2. The van der Waals surface area contributed by atoms with Gasteiger partial charge in [-0.05, 0) is 18.1 Å². The van der Waals surface area contributed by atoms with Crippen LogP contribution in [0.25, 0.3) is 6.08 Å². The summed E-state index contributed by atoms with van der Waals surface area (Å²) < 4.78 is 0. The fourth-order valence-electron chi connectivity index (χ4n) is 1.49. The highest BCUT2D eigenvalue weighted by Gasteiger charge is 2.05. The van der Waals surface area contributed by atoms with Crippen LogP contribution in [0, 0.1) is 6.92 Å². The normalized spacial score (nSPS) is 10.7. The SMILES string of the molecule is Cc1ccccc1/C=C/CNCC(=O)CC(=O)O. The average Bonchev–Trinajstić information content (AvgIpc) is 2.30. The van der Waals surface area contributed by atoms with Crippen LogP contribution in [0.5, 0.6) is 0 Å². The highest BCUT2D eigenvalue weighted by Crippen LogP contribution is 2.08. The Bertz CT molecular complexity index is 452. The average molecular weight is 247 g/mol. The van der Waals surface area contributed by atoms with Crippen LogP contribution in [0.15, 0.2) is 30.3 Å². The van der Waals surface area contributed by atoms with Crippen LogP contribution in [-0.2, 0) is 9.59 Å². The van der Waals surface area contributed by atoms with Crippen molar-refractivity contribution >= 4 is 17.8 Å². The predicted molar refractivity (Wildman–Crippen MR) is 70.3 cm³/mol. The van der Waals surface area contributed by atoms with Crippen molar-refractivity contribution in [2.75, 3.05) is 13.1 Å². The van der Waals surface area contributed by atoms with Gasteiger partial charge in [0, 0.05) is 6.54 Å². The van der Waals surface area contributed by atoms with E-state index in [-0.39, 0.29) is 12.3 Å². The number of carboxylic acids is 1. The van der Waals surface area contributed by atoms with E-state index in [1.54, 1.807) is 0 Å². The molecule has 1 aromatic carbocycles. The summed E-state index contributed by atoms with van der Waals surface area (Å²) in [5.74, 6) is -1.40. The summed E-state index contributed by atoms with van der Waals surface area (Å²) in [5, 5.41) is 11.3. The van der Waals surface area contributed by atoms with Gasteiger partial charge >= 0.3 is 5.97 Å². The van der Waals surface area contributed by atoms with Gasteiger partial charge in [-0.3, -0.25) is 9.59 Å². The lowest BCUT2D eigenvalue weighted by Crippen LogP contribution is -2.24. The summed E-state index contributed by atoms with van der Waals surface area (Å²) in [4.78, 5) is 21.3. The van der Waals surface area contributed by atoms with Gasteiger partial charge in [0.15, 0.2) is 5.78 Å². The van der Waals surface area contributed by atoms with E-state index in [4.69, 9.17) is 5.11 Å². The highest BCUT2D eigenvalue weighted by molar-refractivity contribution is 5.95. The van der Waals surface area contributed by atoms with Crippen molar-refractivity contribution in [1.29, 1.82) is 0 Å². The molecule has 0 aliphatic carbocycles. The summed E-state index contributed by atoms with van der Waals surface area (Å²) in [7, 11) is 0. The van der Waals surface area contributed by atoms with Crippen molar-refractivity contribution in [3.05, 3.63) is 41.5 Å². The summed E-state index contributed by atoms with van der Waals surface area (Å²) in [6, 6.07) is 8.00. The van der Waals surface area contributed by atoms with E-state index in [0.717, 1.165) is 5.56 Å². The molecule has 0 fully saturated rings. The van der Waals surface area contributed by atoms with Crippen molar-refractivity contribution in [3.63, 3.8) is 0 Å². The number of hydrogen-bond donors (Lipinski definition) is 2. The smallest absolute Gasteiger partial charge is 0.310 e. The van der Waals surface area contributed by atoms with Crippen LogP contribution in [0.4, 0.5) is 0 Å². The molecule has 0 unspecified atom stereocenters. The number of carboxylic acid groups (broad SMARTS) is 1. The van der Waals surface area contributed by atoms with E-state index in [1.165, 1.54) is 5.56 Å². The summed E-state index contributed by atoms with van der Waals surface area (Å²) in [6.07, 6.45) is 3.47. The zero-order valence-corrected chi connectivity index (χ0v) is 10.3. The van der Waals surface area contributed by atoms with E-state index in [2.05, 4.69) is 5.32 Å². The molecule has 4 nitrogen and oxygen atoms in total. The number of nitrogens with one attached hydrogen (secondary N) is 1. The number of benzene rings is 1. The molecule has 0 radical (unpaired) electrons. The summed E-state index contributed by atoms with van der Waals surface area (Å²) in [6.45, 7) is 2.66. The van der Waals surface area contributed by atoms with Crippen molar-refractivity contribution in [1.82, 2.24) is 5.32 Å². The third-order valence-electron chi connectivity index (χ3n) is 2.42. The molecule has 0 amide bonds. The van der Waals surface area contributed by atoms with Gasteiger partial charge in [-0.15, -0.1) is 0 Å². The molecule has 0 aliphatic heterocycles. The summed E-state index contributed by atoms with van der Waals surface area (Å²) >= 11 is 0. The fourth-order valence-corrected chi connectivity index (χ4v) is 1.49. The van der Waals surface area contributed by atoms with Gasteiger partial charge in [0.1, 0.15) is 6.42 Å². The lowest BCUT2D eigenvalue weighted by molar-refractivity contribution is -0.140. The molecule has 0 heterocycles. The van der Waals surface area contributed by atoms with Gasteiger partial charge in [-0.2, -0.15) is 0 Å². The van der Waals surface area contributed by atoms with E-state index >= 15 is 0 Å². The maximum absolute atomic E-state index is 11.1. The number of aryl methyl sites for hydroxylation is 1. The molecule has 1 rings (SSSR count). The van der Waals surface area contributed by atoms with Crippen LogP contribution in [0.2, 0.25) is 0 Å². The van der Waals surface area contributed by atoms with Gasteiger partial charge in [0.2, 0.25) is 0 Å². The van der Waals surface area contributed by atoms with Crippen molar-refractivity contribution < 1.29 is 14.7 Å². The Hall–Kier alpha value is -1.94. The lowest BCUT2D eigenvalue weighted by atomic mass is 10.1. The van der Waals surface area contributed by atoms with Crippen molar-refractivity contribution in [2.24, 2.45) is 0 Å². The Labute approximate surface area is 106 Å². The summed E-state index contributed by atoms with van der Waals surface area (Å²) in [5.41, 5.74) is 2.33. The molecular weight excluding hydrogens is 230 g/mol. The van der Waals surface area contributed by atoms with Crippen LogP contribution >= 0.6 is 0 Å². The molecule has 4 heteroatoms. The lowest BCUT2D eigenvalue weighted by Gasteiger charge is -2.00. The van der Waals surface area contributed by atoms with Crippen LogP contribution in [0.3, 0.4) is 0 Å². The minimum absolute atomic E-state index is 0.0877. The Morgan fingerprint density at radius 2 is 2.06 bits per heavy atom. The molecule has 0 saturated heterocycles. The topological polar surface area (TPSA) is 66.4 Å². The Kier molecular flexibility index (Phi) is 5.80. The Balaban J connectivity index is 2.28. The molecule has 0 aromatic heterocycles. The fraction of sp³-hybridized carbons (Fsp3) is 0.286. The maximum Gasteiger partial charge on any atom is 0.310 e. The molecule has 0 bridgehead atoms. The quantitative estimate of drug-likeness (QED) is 0.568. The van der Waals surface area contributed by atoms with Gasteiger partial charge in [-0.25, -0.2) is 0 Å². The van der Waals surface area contributed by atoms with Crippen molar-refractivity contribution in [2.45, 2.75) is 13.3 Å². The molecule has 0 aliphatic rings. The second-order valence-electron chi connectivity index (χ2n) is 4.00. The molecule has 96 valence electrons. The van der Waals surface area contributed by atoms with Gasteiger partial charge < -0.3 is 10.4 Å². The number of hydrogen-bond acceptors (Lipinski definition) is 3. The van der Waals surface area contributed by atoms with Gasteiger partial charge in [0.05, 0.1) is 6.54 Å². The molecular formula is C14H17NO3. The van der Waals surface area contributed by atoms with Crippen LogP contribution in [0.1, 0.15) is 17.5 Å². The molecule has 18 heavy (non-hydrogen) atoms. The third kappa shape index (κ3) is 5.41. The van der Waals surface area contributed by atoms with Crippen LogP contribution < -0.4 is 5.32 Å². The zero-order valence-electron chi connectivity index (χ0n) is 10.3. The van der Waals surface area contributed by atoms with E-state index < -0.39 is 12.4 Å². The minimum Gasteiger partial charge on any atom is -0.481 e. The zero-order chi connectivity index (χ0) is 13.4. The number of Topliss-reactive ketones (excluding diaryl/α,β-unsaturated/α-hetero) is 1. The first kappa shape index (κ1) is 14.1. The molecule has 0 saturated carbocycles. The number of ketones is 1. The molecule has 0 atom stereocenters. The third-order valence-corrected chi connectivity index (χ3v) is 2.42. The van der Waals surface area contributed by atoms with Gasteiger partial charge in [-0.1, -0.05) is 36.4 Å². The second-order valence-corrected chi connectivity index (χ2v) is 4.00. The van der Waals surface area contributed by atoms with Crippen molar-refractivity contribution in [3.8, 4) is 0 Å². The number of carbonyl (C=O) groups excluding carboxylic acids is 1. The number of aliphatic carboxylic acids is 1. The van der Waals surface area contributed by atoms with E-state index in [1.807, 2.05) is 43.3 Å². The minimum atomic E-state index is -1.09. The first-order valence-corrected chi connectivity index (χ1v) is 5.76. The monoisotopic (exact) mass is 247 g/mol. The number of rotatable bonds is 7. The standard InChI is InChI=1S/C14H17NO3/c1-11-5-2-3-6-12(11)7-4-8-15-10-13(16)9-14(17)18/h2-7,15H,8-10H2,1H3,(H,17,18)/b7-4+. The largest absolute Gasteiger partial charge is 0.481 e. The molecule has 1 aromatic rings. The van der Waals surface area contributed by atoms with E-state index in [0.29, 0.717) is 6.54 Å². The maximum atomic E-state index is 11.1. The Morgan fingerprint density at radius 1 is 1.33 bits per heavy atom. The first-order chi connectivity index (χ1) is 8.59. The molecule has 0 spiro atoms. The Morgan fingerprint density at radius 3 is 2.72 bits per heavy atom. The molecule has 2 N–H and O–H groups in total. The van der Waals surface area contributed by atoms with Crippen LogP contribution in [-0.4, -0.2) is 29.9 Å². The van der Waals surface area contributed by atoms with Gasteiger partial charge in [0.25, 0.3) is 0 Å². The second kappa shape index (κ2) is 7.40. The highest BCUT2D eigenvalue weighted by atomic mass is 16.4. The first-order valence-electron chi connectivity index (χ1n) is 5.76. The predicted octanol–water partition coefficient (Wildman–Crippen LogP) is 1.64.